The zero-order valence-electron chi connectivity index (χ0n) is 38.0. The minimum Gasteiger partial charge on any atom is -0.370 e. The minimum absolute atomic E-state index is 0.0242. The molecule has 0 aliphatic heterocycles. The molecule has 16 N–H and O–H groups in total. The maximum atomic E-state index is 13.6. The van der Waals surface area contributed by atoms with E-state index < -0.39 is 60.1 Å². The molecular formula is C44H70N14O8. The van der Waals surface area contributed by atoms with E-state index in [1.807, 2.05) is 60.7 Å². The van der Waals surface area contributed by atoms with Crippen LogP contribution in [0.2, 0.25) is 0 Å². The molecule has 0 aromatic heterocycles. The van der Waals surface area contributed by atoms with Crippen molar-refractivity contribution in [2.45, 2.75) is 76.4 Å². The Bertz CT molecular complexity index is 1880. The van der Waals surface area contributed by atoms with Crippen LogP contribution in [-0.2, 0) is 51.2 Å². The lowest BCUT2D eigenvalue weighted by molar-refractivity contribution is -0.137. The van der Waals surface area contributed by atoms with Gasteiger partial charge < -0.3 is 70.4 Å². The first-order valence-electron chi connectivity index (χ1n) is 22.0. The Hall–Kier alpha value is -6.65. The van der Waals surface area contributed by atoms with Crippen molar-refractivity contribution in [2.75, 3.05) is 72.0 Å². The fourth-order valence-corrected chi connectivity index (χ4v) is 6.62. The second-order valence-corrected chi connectivity index (χ2v) is 15.9. The quantitative estimate of drug-likeness (QED) is 0.0194. The van der Waals surface area contributed by atoms with Crippen molar-refractivity contribution in [3.05, 3.63) is 71.8 Å². The average Bonchev–Trinajstić information content (AvgIpc) is 3.24. The fourth-order valence-electron chi connectivity index (χ4n) is 6.62. The molecular weight excluding hydrogens is 853 g/mol. The second kappa shape index (κ2) is 31.3. The molecule has 0 heterocycles. The highest BCUT2D eigenvalue weighted by atomic mass is 16.2. The molecule has 66 heavy (non-hydrogen) atoms. The van der Waals surface area contributed by atoms with Crippen molar-refractivity contribution in [3.63, 3.8) is 0 Å². The van der Waals surface area contributed by atoms with Crippen LogP contribution >= 0.6 is 0 Å². The molecule has 0 bridgehead atoms. The monoisotopic (exact) mass is 923 g/mol. The number of benzene rings is 2. The number of aliphatic imine (C=N–C) groups is 1. The van der Waals surface area contributed by atoms with E-state index in [1.165, 1.54) is 21.6 Å². The molecule has 22 heteroatoms. The number of rotatable bonds is 32. The predicted octanol–water partition coefficient (Wildman–Crippen LogP) is -3.48. The molecule has 0 radical (unpaired) electrons. The molecule has 3 atom stereocenters. The van der Waals surface area contributed by atoms with Gasteiger partial charge in [0.05, 0.1) is 19.6 Å². The number of hydrogen-bond donors (Lipinski definition) is 10. The second-order valence-electron chi connectivity index (χ2n) is 15.9. The number of carbonyl (C=O) groups excluding carboxylic acids is 8. The summed E-state index contributed by atoms with van der Waals surface area (Å²) in [5.41, 5.74) is 36.7. The first-order chi connectivity index (χ1) is 31.4. The van der Waals surface area contributed by atoms with Gasteiger partial charge in [0.25, 0.3) is 0 Å². The summed E-state index contributed by atoms with van der Waals surface area (Å²) in [6, 6.07) is 17.1. The van der Waals surface area contributed by atoms with Crippen molar-refractivity contribution in [1.82, 2.24) is 36.0 Å². The third kappa shape index (κ3) is 25.6. The summed E-state index contributed by atoms with van der Waals surface area (Å²) in [4.78, 5) is 110. The summed E-state index contributed by atoms with van der Waals surface area (Å²) in [6.07, 6.45) is 1.34. The molecule has 0 spiro atoms. The van der Waals surface area contributed by atoms with E-state index in [9.17, 15) is 38.4 Å². The van der Waals surface area contributed by atoms with Crippen LogP contribution in [0.1, 0.15) is 56.6 Å². The first kappa shape index (κ1) is 55.5. The third-order valence-electron chi connectivity index (χ3n) is 9.94. The van der Waals surface area contributed by atoms with Crippen molar-refractivity contribution in [2.24, 2.45) is 39.4 Å². The van der Waals surface area contributed by atoms with Gasteiger partial charge in [-0.05, 0) is 36.8 Å². The number of hydrogen-bond acceptors (Lipinski definition) is 12. The van der Waals surface area contributed by atoms with Gasteiger partial charge >= 0.3 is 0 Å². The van der Waals surface area contributed by atoms with Crippen LogP contribution in [0.25, 0.3) is 0 Å². The van der Waals surface area contributed by atoms with Gasteiger partial charge in [0, 0.05) is 103 Å². The fraction of sp³-hybridized carbons (Fsp3) is 0.523. The molecule has 0 aliphatic rings. The molecule has 2 aromatic carbocycles. The zero-order chi connectivity index (χ0) is 48.9. The number of guanidine groups is 1. The van der Waals surface area contributed by atoms with E-state index in [0.717, 1.165) is 11.1 Å². The summed E-state index contributed by atoms with van der Waals surface area (Å²) >= 11 is 0. The van der Waals surface area contributed by atoms with Crippen molar-refractivity contribution < 1.29 is 38.4 Å². The van der Waals surface area contributed by atoms with Gasteiger partial charge in [0.2, 0.25) is 47.3 Å². The van der Waals surface area contributed by atoms with Gasteiger partial charge in [-0.2, -0.15) is 0 Å². The van der Waals surface area contributed by atoms with Crippen molar-refractivity contribution in [3.8, 4) is 0 Å². The highest BCUT2D eigenvalue weighted by Gasteiger charge is 2.24. The summed E-state index contributed by atoms with van der Waals surface area (Å²) in [7, 11) is 0. The van der Waals surface area contributed by atoms with Crippen molar-refractivity contribution in [1.29, 1.82) is 0 Å². The topological polar surface area (TPSA) is 363 Å². The molecule has 0 saturated carbocycles. The summed E-state index contributed by atoms with van der Waals surface area (Å²) in [5, 5.41) is 10.6. The molecule has 0 fully saturated rings. The van der Waals surface area contributed by atoms with Gasteiger partial charge in [-0.25, -0.2) is 0 Å². The standard InChI is InChI=1S/C44H70N14O8/c1-31(59)51-17-20-56(42(65)26-35(46)23-32-9-4-2-5-10-32)29-39(62)53-18-21-57(41(64)25-34(45)13-8-15-55-44(49)50)30-40(63)54-19-22-58(28-38(61)52-16-14-37(48)60)43(66)27-36(47)24-33-11-6-3-7-12-33/h2-7,9-12,34-36H,8,13-30,45-47H2,1H3,(H2,48,60)(H,51,59)(H,52,61)(H,53,62)(H,54,63)(H4,49,50,55)/t34-,35-,36-/m0/s1. The molecule has 0 aliphatic carbocycles. The summed E-state index contributed by atoms with van der Waals surface area (Å²) in [5.74, 6) is -4.00. The molecule has 0 unspecified atom stereocenters. The van der Waals surface area contributed by atoms with E-state index in [0.29, 0.717) is 32.2 Å². The van der Waals surface area contributed by atoms with Crippen LogP contribution in [0.5, 0.6) is 0 Å². The largest absolute Gasteiger partial charge is 0.370 e. The van der Waals surface area contributed by atoms with Gasteiger partial charge in [-0.15, -0.1) is 0 Å². The number of nitrogens with two attached hydrogens (primary N) is 6. The molecule has 2 aromatic rings. The van der Waals surface area contributed by atoms with Crippen LogP contribution in [0, 0.1) is 0 Å². The Morgan fingerprint density at radius 3 is 1.30 bits per heavy atom. The molecule has 8 amide bonds. The Morgan fingerprint density at radius 1 is 0.545 bits per heavy atom. The van der Waals surface area contributed by atoms with Crippen LogP contribution in [0.15, 0.2) is 65.7 Å². The predicted molar refractivity (Wildman–Crippen MR) is 249 cm³/mol. The molecule has 2 rings (SSSR count). The van der Waals surface area contributed by atoms with Gasteiger partial charge in [0.1, 0.15) is 0 Å². The summed E-state index contributed by atoms with van der Waals surface area (Å²) < 4.78 is 0. The van der Waals surface area contributed by atoms with Crippen LogP contribution in [0.4, 0.5) is 0 Å². The van der Waals surface area contributed by atoms with E-state index in [4.69, 9.17) is 34.4 Å². The smallest absolute Gasteiger partial charge is 0.239 e. The molecule has 22 nitrogen and oxygen atoms in total. The van der Waals surface area contributed by atoms with E-state index in [2.05, 4.69) is 26.3 Å². The number of amides is 8. The third-order valence-corrected chi connectivity index (χ3v) is 9.94. The normalized spacial score (nSPS) is 12.1. The highest BCUT2D eigenvalue weighted by molar-refractivity contribution is 5.87. The average molecular weight is 923 g/mol. The SMILES string of the molecule is CC(=O)NCCN(CC(=O)NCCN(CC(=O)NCCN(CC(=O)NCCC(N)=O)C(=O)C[C@@H](N)Cc1ccccc1)C(=O)C[C@@H](N)CCCN=C(N)N)C(=O)C[C@@H](N)Cc1ccccc1. The molecule has 364 valence electrons. The van der Waals surface area contributed by atoms with Gasteiger partial charge in [-0.1, -0.05) is 60.7 Å². The Kier molecular flexibility index (Phi) is 26.3. The Morgan fingerprint density at radius 2 is 0.924 bits per heavy atom. The number of primary amides is 1. The van der Waals surface area contributed by atoms with Crippen molar-refractivity contribution >= 4 is 53.2 Å². The highest BCUT2D eigenvalue weighted by Crippen LogP contribution is 2.09. The van der Waals surface area contributed by atoms with Crippen LogP contribution < -0.4 is 55.7 Å². The van der Waals surface area contributed by atoms with Gasteiger partial charge in [-0.3, -0.25) is 43.3 Å². The lowest BCUT2D eigenvalue weighted by Crippen LogP contribution is -2.49. The lowest BCUT2D eigenvalue weighted by atomic mass is 10.0. The first-order valence-corrected chi connectivity index (χ1v) is 22.0. The Labute approximate surface area is 386 Å². The minimum atomic E-state index is -0.609. The Balaban J connectivity index is 2.11. The number of nitrogens with zero attached hydrogens (tertiary/aromatic N) is 4. The van der Waals surface area contributed by atoms with Crippen LogP contribution in [0.3, 0.4) is 0 Å². The van der Waals surface area contributed by atoms with E-state index in [1.54, 1.807) is 0 Å². The molecule has 0 saturated heterocycles. The number of carbonyl (C=O) groups is 8. The maximum Gasteiger partial charge on any atom is 0.239 e. The van der Waals surface area contributed by atoms with E-state index in [-0.39, 0.29) is 102 Å². The van der Waals surface area contributed by atoms with Crippen LogP contribution in [-0.4, -0.2) is 158 Å². The number of nitrogens with one attached hydrogen (secondary N) is 4. The summed E-state index contributed by atoms with van der Waals surface area (Å²) in [6.45, 7) is 0.158. The lowest BCUT2D eigenvalue weighted by Gasteiger charge is -2.26. The zero-order valence-corrected chi connectivity index (χ0v) is 38.0. The van der Waals surface area contributed by atoms with E-state index >= 15 is 0 Å². The maximum absolute atomic E-state index is 13.6. The van der Waals surface area contributed by atoms with Gasteiger partial charge in [0.15, 0.2) is 5.96 Å².